The molecule has 1 aromatic rings. The molecule has 9 heteroatoms. The molecule has 130 valence electrons. The summed E-state index contributed by atoms with van der Waals surface area (Å²) in [7, 11) is -4.31. The van der Waals surface area contributed by atoms with Crippen molar-refractivity contribution in [1.29, 1.82) is 0 Å². The Morgan fingerprint density at radius 3 is 1.74 bits per heavy atom. The van der Waals surface area contributed by atoms with Crippen molar-refractivity contribution in [3.8, 4) is 11.5 Å². The minimum atomic E-state index is -4.31. The Morgan fingerprint density at radius 1 is 0.739 bits per heavy atom. The molecule has 0 atom stereocenters. The molecule has 1 heterocycles. The largest absolute Gasteiger partial charge is 0.487 e. The Bertz CT molecular complexity index is 586. The SMILES string of the molecule is O=S(=O)(O)c1ccc2c(c1)OCCOCCOCCOCCO2. The first-order valence-corrected chi connectivity index (χ1v) is 8.62. The lowest BCUT2D eigenvalue weighted by atomic mass is 10.3. The highest BCUT2D eigenvalue weighted by Gasteiger charge is 2.15. The van der Waals surface area contributed by atoms with E-state index in [-0.39, 0.29) is 23.9 Å². The van der Waals surface area contributed by atoms with E-state index in [9.17, 15) is 8.42 Å². The van der Waals surface area contributed by atoms with Crippen molar-refractivity contribution in [2.45, 2.75) is 4.90 Å². The van der Waals surface area contributed by atoms with Crippen LogP contribution in [0.2, 0.25) is 0 Å². The van der Waals surface area contributed by atoms with Crippen LogP contribution < -0.4 is 9.47 Å². The van der Waals surface area contributed by atoms with Gasteiger partial charge in [-0.05, 0) is 12.1 Å². The number of rotatable bonds is 1. The molecule has 1 aromatic carbocycles. The van der Waals surface area contributed by atoms with Gasteiger partial charge in [0.1, 0.15) is 13.2 Å². The third-order valence-corrected chi connectivity index (χ3v) is 3.78. The summed E-state index contributed by atoms with van der Waals surface area (Å²) in [5.74, 6) is 0.585. The smallest absolute Gasteiger partial charge is 0.294 e. The van der Waals surface area contributed by atoms with Crippen molar-refractivity contribution in [2.24, 2.45) is 0 Å². The lowest BCUT2D eigenvalue weighted by Crippen LogP contribution is -2.13. The van der Waals surface area contributed by atoms with E-state index in [4.69, 9.17) is 28.2 Å². The van der Waals surface area contributed by atoms with Gasteiger partial charge in [-0.25, -0.2) is 0 Å². The van der Waals surface area contributed by atoms with Gasteiger partial charge in [0.2, 0.25) is 0 Å². The van der Waals surface area contributed by atoms with Gasteiger partial charge in [0, 0.05) is 6.07 Å². The van der Waals surface area contributed by atoms with Crippen LogP contribution in [0.15, 0.2) is 23.1 Å². The van der Waals surface area contributed by atoms with Gasteiger partial charge in [-0.2, -0.15) is 8.42 Å². The number of fused-ring (bicyclic) bond motifs is 1. The van der Waals surface area contributed by atoms with Crippen molar-refractivity contribution < 1.29 is 36.7 Å². The van der Waals surface area contributed by atoms with E-state index in [0.29, 0.717) is 45.4 Å². The Morgan fingerprint density at radius 2 is 1.22 bits per heavy atom. The summed E-state index contributed by atoms with van der Waals surface area (Å²) in [5, 5.41) is 0. The molecule has 23 heavy (non-hydrogen) atoms. The second-order valence-electron chi connectivity index (χ2n) is 4.62. The summed E-state index contributed by atoms with van der Waals surface area (Å²) in [6.45, 7) is 2.98. The number of hydrogen-bond donors (Lipinski definition) is 1. The predicted molar refractivity (Wildman–Crippen MR) is 79.7 cm³/mol. The lowest BCUT2D eigenvalue weighted by Gasteiger charge is -2.13. The van der Waals surface area contributed by atoms with Crippen molar-refractivity contribution in [3.63, 3.8) is 0 Å². The first-order chi connectivity index (χ1) is 11.1. The zero-order chi connectivity index (χ0) is 16.5. The van der Waals surface area contributed by atoms with Crippen LogP contribution in [0.3, 0.4) is 0 Å². The van der Waals surface area contributed by atoms with Crippen LogP contribution in [0.25, 0.3) is 0 Å². The minimum Gasteiger partial charge on any atom is -0.487 e. The maximum atomic E-state index is 11.2. The molecule has 0 saturated heterocycles. The Hall–Kier alpha value is -1.39. The molecule has 0 fully saturated rings. The summed E-state index contributed by atoms with van der Waals surface area (Å²) >= 11 is 0. The molecular formula is C14H20O8S. The topological polar surface area (TPSA) is 101 Å². The first kappa shape index (κ1) is 18.0. The maximum Gasteiger partial charge on any atom is 0.294 e. The van der Waals surface area contributed by atoms with E-state index in [0.717, 1.165) is 0 Å². The molecule has 0 aromatic heterocycles. The van der Waals surface area contributed by atoms with Gasteiger partial charge in [0.05, 0.1) is 44.5 Å². The van der Waals surface area contributed by atoms with E-state index in [2.05, 4.69) is 0 Å². The fourth-order valence-corrected chi connectivity index (χ4v) is 2.34. The summed E-state index contributed by atoms with van der Waals surface area (Å²) in [6, 6.07) is 3.89. The molecule has 0 aliphatic carbocycles. The summed E-state index contributed by atoms with van der Waals surface area (Å²) in [4.78, 5) is -0.261. The molecule has 0 amide bonds. The van der Waals surface area contributed by atoms with Crippen LogP contribution >= 0.6 is 0 Å². The average molecular weight is 348 g/mol. The fraction of sp³-hybridized carbons (Fsp3) is 0.571. The van der Waals surface area contributed by atoms with E-state index in [1.54, 1.807) is 0 Å². The standard InChI is InChI=1S/C14H20O8S/c15-23(16,17)12-1-2-13-14(11-12)22-10-8-20-6-4-18-3-5-19-7-9-21-13/h1-2,11H,3-10H2,(H,15,16,17). The van der Waals surface area contributed by atoms with Gasteiger partial charge in [-0.3, -0.25) is 4.55 Å². The van der Waals surface area contributed by atoms with Crippen molar-refractivity contribution in [3.05, 3.63) is 18.2 Å². The van der Waals surface area contributed by atoms with Gasteiger partial charge in [0.15, 0.2) is 11.5 Å². The monoisotopic (exact) mass is 348 g/mol. The second kappa shape index (κ2) is 9.04. The second-order valence-corrected chi connectivity index (χ2v) is 6.04. The molecule has 0 unspecified atom stereocenters. The normalized spacial score (nSPS) is 18.7. The highest BCUT2D eigenvalue weighted by molar-refractivity contribution is 7.85. The van der Waals surface area contributed by atoms with Gasteiger partial charge >= 0.3 is 0 Å². The van der Waals surface area contributed by atoms with Crippen LogP contribution in [0.5, 0.6) is 11.5 Å². The van der Waals surface area contributed by atoms with Crippen LogP contribution in [0.4, 0.5) is 0 Å². The number of ether oxygens (including phenoxy) is 5. The van der Waals surface area contributed by atoms with E-state index >= 15 is 0 Å². The summed E-state index contributed by atoms with van der Waals surface area (Å²) in [5.41, 5.74) is 0. The van der Waals surface area contributed by atoms with Crippen LogP contribution in [-0.4, -0.2) is 65.8 Å². The van der Waals surface area contributed by atoms with Crippen LogP contribution in [-0.2, 0) is 24.3 Å². The van der Waals surface area contributed by atoms with E-state index < -0.39 is 10.1 Å². The van der Waals surface area contributed by atoms with E-state index in [1.165, 1.54) is 18.2 Å². The minimum absolute atomic E-state index is 0.210. The Kier molecular flexibility index (Phi) is 7.06. The van der Waals surface area contributed by atoms with Crippen molar-refractivity contribution in [2.75, 3.05) is 52.9 Å². The molecule has 0 spiro atoms. The van der Waals surface area contributed by atoms with E-state index in [1.807, 2.05) is 0 Å². The molecular weight excluding hydrogens is 328 g/mol. The van der Waals surface area contributed by atoms with Crippen molar-refractivity contribution in [1.82, 2.24) is 0 Å². The highest BCUT2D eigenvalue weighted by atomic mass is 32.2. The van der Waals surface area contributed by atoms with Gasteiger partial charge in [-0.1, -0.05) is 0 Å². The van der Waals surface area contributed by atoms with Crippen LogP contribution in [0.1, 0.15) is 0 Å². The third kappa shape index (κ3) is 6.32. The first-order valence-electron chi connectivity index (χ1n) is 7.18. The zero-order valence-electron chi connectivity index (χ0n) is 12.6. The van der Waals surface area contributed by atoms with Gasteiger partial charge < -0.3 is 23.7 Å². The molecule has 0 radical (unpaired) electrons. The fourth-order valence-electron chi connectivity index (χ4n) is 1.84. The maximum absolute atomic E-state index is 11.2. The predicted octanol–water partition coefficient (Wildman–Crippen LogP) is 0.754. The van der Waals surface area contributed by atoms with Crippen molar-refractivity contribution >= 4 is 10.1 Å². The molecule has 0 saturated carbocycles. The zero-order valence-corrected chi connectivity index (χ0v) is 13.4. The highest BCUT2D eigenvalue weighted by Crippen LogP contribution is 2.30. The number of benzene rings is 1. The van der Waals surface area contributed by atoms with Gasteiger partial charge in [0.25, 0.3) is 10.1 Å². The quantitative estimate of drug-likeness (QED) is 0.742. The average Bonchev–Trinajstić information content (AvgIpc) is 2.52. The number of hydrogen-bond acceptors (Lipinski definition) is 7. The molecule has 1 N–H and O–H groups in total. The molecule has 2 rings (SSSR count). The molecule has 0 bridgehead atoms. The molecule has 1 aliphatic rings. The van der Waals surface area contributed by atoms with Crippen LogP contribution in [0, 0.1) is 0 Å². The third-order valence-electron chi connectivity index (χ3n) is 2.93. The Balaban J connectivity index is 2.09. The summed E-state index contributed by atoms with van der Waals surface area (Å²) in [6.07, 6.45) is 0. The summed E-state index contributed by atoms with van der Waals surface area (Å²) < 4.78 is 58.5. The molecule has 8 nitrogen and oxygen atoms in total. The Labute approximate surface area is 135 Å². The lowest BCUT2D eigenvalue weighted by molar-refractivity contribution is 0.00708. The van der Waals surface area contributed by atoms with Gasteiger partial charge in [-0.15, -0.1) is 0 Å². The molecule has 1 aliphatic heterocycles.